The first-order valence-electron chi connectivity index (χ1n) is 9.91. The maximum Gasteiger partial charge on any atom is 0.430 e. The molecule has 2 aromatic heterocycles. The molecule has 1 N–H and O–H groups in total. The predicted molar refractivity (Wildman–Crippen MR) is 108 cm³/mol. The maximum absolute atomic E-state index is 14.1. The van der Waals surface area contributed by atoms with E-state index in [1.807, 2.05) is 0 Å². The van der Waals surface area contributed by atoms with Crippen LogP contribution in [0.25, 0.3) is 22.4 Å². The van der Waals surface area contributed by atoms with Gasteiger partial charge in [0, 0.05) is 22.2 Å². The second-order valence-corrected chi connectivity index (χ2v) is 7.85. The Labute approximate surface area is 188 Å². The number of fused-ring (bicyclic) bond motifs is 1. The van der Waals surface area contributed by atoms with Crippen LogP contribution in [-0.2, 0) is 12.1 Å². The van der Waals surface area contributed by atoms with Crippen molar-refractivity contribution in [3.8, 4) is 11.5 Å². The van der Waals surface area contributed by atoms with Gasteiger partial charge in [-0.1, -0.05) is 18.2 Å². The van der Waals surface area contributed by atoms with Gasteiger partial charge >= 0.3 is 12.4 Å². The normalized spacial score (nSPS) is 13.1. The molecule has 0 amide bonds. The lowest BCUT2D eigenvalue weighted by atomic mass is 9.91. The van der Waals surface area contributed by atoms with Crippen molar-refractivity contribution in [2.24, 2.45) is 0 Å². The van der Waals surface area contributed by atoms with E-state index in [4.69, 9.17) is 4.42 Å². The first kappa shape index (κ1) is 23.8. The van der Waals surface area contributed by atoms with Crippen LogP contribution in [-0.4, -0.2) is 27.0 Å². The fraction of sp³-hybridized carbons (Fsp3) is 0.261. The second kappa shape index (κ2) is 7.86. The van der Waals surface area contributed by atoms with Crippen molar-refractivity contribution in [2.45, 2.75) is 38.3 Å². The molecule has 0 spiro atoms. The van der Waals surface area contributed by atoms with Crippen LogP contribution in [0.1, 0.15) is 22.7 Å². The molecule has 0 saturated carbocycles. The number of nitrogens with zero attached hydrogens (tertiary/aromatic N) is 2. The lowest BCUT2D eigenvalue weighted by Gasteiger charge is -2.32. The van der Waals surface area contributed by atoms with Gasteiger partial charge in [0.1, 0.15) is 17.3 Å². The highest BCUT2D eigenvalue weighted by Gasteiger charge is 2.71. The number of oxazole rings is 1. The van der Waals surface area contributed by atoms with Gasteiger partial charge < -0.3 is 14.1 Å². The minimum atomic E-state index is -5.97. The molecule has 34 heavy (non-hydrogen) atoms. The Balaban J connectivity index is 1.76. The highest BCUT2D eigenvalue weighted by atomic mass is 19.4. The second-order valence-electron chi connectivity index (χ2n) is 7.85. The van der Waals surface area contributed by atoms with Crippen molar-refractivity contribution in [3.05, 3.63) is 77.1 Å². The summed E-state index contributed by atoms with van der Waals surface area (Å²) in [7, 11) is 0. The number of benzene rings is 2. The van der Waals surface area contributed by atoms with Crippen molar-refractivity contribution in [1.29, 1.82) is 0 Å². The molecule has 2 aromatic carbocycles. The third-order valence-electron chi connectivity index (χ3n) is 5.65. The maximum atomic E-state index is 14.1. The number of hydrogen-bond donors (Lipinski definition) is 1. The molecule has 4 aromatic rings. The van der Waals surface area contributed by atoms with Crippen molar-refractivity contribution in [3.63, 3.8) is 0 Å². The molecule has 11 heteroatoms. The molecule has 4 nitrogen and oxygen atoms in total. The predicted octanol–water partition coefficient (Wildman–Crippen LogP) is 6.41. The van der Waals surface area contributed by atoms with Crippen LogP contribution in [0.4, 0.5) is 30.7 Å². The summed E-state index contributed by atoms with van der Waals surface area (Å²) in [6.45, 7) is 3.30. The lowest BCUT2D eigenvalue weighted by Crippen LogP contribution is -2.53. The zero-order chi connectivity index (χ0) is 25.1. The Bertz CT molecular complexity index is 1350. The molecule has 0 radical (unpaired) electrons. The van der Waals surface area contributed by atoms with Crippen LogP contribution in [0.3, 0.4) is 0 Å². The van der Waals surface area contributed by atoms with Crippen molar-refractivity contribution in [1.82, 2.24) is 9.55 Å². The SMILES string of the molecule is Cc1oc(-c2ccccc2F)nc1Cn1c(C)cc2cc(C(O)(C(F)(F)F)C(F)(F)F)ccc21. The highest BCUT2D eigenvalue weighted by molar-refractivity contribution is 5.82. The summed E-state index contributed by atoms with van der Waals surface area (Å²) in [5, 5.41) is 9.75. The van der Waals surface area contributed by atoms with Crippen molar-refractivity contribution < 1.29 is 40.3 Å². The van der Waals surface area contributed by atoms with Gasteiger partial charge in [-0.3, -0.25) is 0 Å². The molecule has 0 saturated heterocycles. The Morgan fingerprint density at radius 1 is 0.941 bits per heavy atom. The summed E-state index contributed by atoms with van der Waals surface area (Å²) >= 11 is 0. The molecule has 4 rings (SSSR count). The first-order valence-corrected chi connectivity index (χ1v) is 9.91. The van der Waals surface area contributed by atoms with Crippen LogP contribution in [0.15, 0.2) is 52.9 Å². The largest absolute Gasteiger partial charge is 0.441 e. The number of hydrogen-bond acceptors (Lipinski definition) is 3. The zero-order valence-corrected chi connectivity index (χ0v) is 17.7. The fourth-order valence-electron chi connectivity index (χ4n) is 3.81. The number of halogens is 7. The molecular formula is C23H17F7N2O2. The van der Waals surface area contributed by atoms with Gasteiger partial charge in [-0.2, -0.15) is 26.3 Å². The molecule has 180 valence electrons. The number of aryl methyl sites for hydroxylation is 2. The van der Waals surface area contributed by atoms with E-state index in [1.54, 1.807) is 24.5 Å². The minimum absolute atomic E-state index is 0.0439. The first-order chi connectivity index (χ1) is 15.7. The molecule has 0 aliphatic carbocycles. The summed E-state index contributed by atoms with van der Waals surface area (Å²) in [6.07, 6.45) is -11.9. The quantitative estimate of drug-likeness (QED) is 0.339. The van der Waals surface area contributed by atoms with Gasteiger partial charge in [0.05, 0.1) is 12.1 Å². The Morgan fingerprint density at radius 3 is 2.21 bits per heavy atom. The van der Waals surface area contributed by atoms with E-state index in [2.05, 4.69) is 4.98 Å². The summed E-state index contributed by atoms with van der Waals surface area (Å²) in [5.41, 5.74) is -4.95. The van der Waals surface area contributed by atoms with E-state index in [1.165, 1.54) is 24.3 Å². The third-order valence-corrected chi connectivity index (χ3v) is 5.65. The number of aromatic nitrogens is 2. The molecule has 2 heterocycles. The van der Waals surface area contributed by atoms with E-state index in [9.17, 15) is 35.8 Å². The standard InChI is InChI=1S/C23H17F7N2O2/c1-12-9-14-10-15(21(33,22(25,26)27)23(28,29)30)7-8-19(14)32(12)11-18-13(2)34-20(31-18)16-5-3-4-6-17(16)24/h3-10,33H,11H2,1-2H3. The van der Waals surface area contributed by atoms with Gasteiger partial charge in [0.2, 0.25) is 5.89 Å². The fourth-order valence-corrected chi connectivity index (χ4v) is 3.81. The molecule has 0 bridgehead atoms. The highest BCUT2D eigenvalue weighted by Crippen LogP contribution is 2.50. The molecule has 0 atom stereocenters. The van der Waals surface area contributed by atoms with Crippen LogP contribution in [0.5, 0.6) is 0 Å². The summed E-state index contributed by atoms with van der Waals surface area (Å²) in [4.78, 5) is 4.32. The average molecular weight is 486 g/mol. The number of alkyl halides is 6. The van der Waals surface area contributed by atoms with Crippen LogP contribution >= 0.6 is 0 Å². The monoisotopic (exact) mass is 486 g/mol. The van der Waals surface area contributed by atoms with E-state index in [0.717, 1.165) is 6.07 Å². The zero-order valence-electron chi connectivity index (χ0n) is 17.7. The van der Waals surface area contributed by atoms with E-state index in [0.29, 0.717) is 34.8 Å². The van der Waals surface area contributed by atoms with Gasteiger partial charge in [-0.25, -0.2) is 9.37 Å². The number of rotatable bonds is 4. The third kappa shape index (κ3) is 3.73. The van der Waals surface area contributed by atoms with E-state index >= 15 is 0 Å². The Morgan fingerprint density at radius 2 is 1.59 bits per heavy atom. The summed E-state index contributed by atoms with van der Waals surface area (Å²) in [6, 6.07) is 9.61. The molecule has 0 aliphatic rings. The summed E-state index contributed by atoms with van der Waals surface area (Å²) in [5.74, 6) is -0.116. The molecular weight excluding hydrogens is 469 g/mol. The Hall–Kier alpha value is -3.34. The molecule has 0 fully saturated rings. The van der Waals surface area contributed by atoms with E-state index < -0.39 is 29.3 Å². The van der Waals surface area contributed by atoms with Crippen LogP contribution in [0.2, 0.25) is 0 Å². The topological polar surface area (TPSA) is 51.2 Å². The van der Waals surface area contributed by atoms with Gasteiger partial charge in [-0.05, 0) is 44.2 Å². The minimum Gasteiger partial charge on any atom is -0.441 e. The van der Waals surface area contributed by atoms with Crippen molar-refractivity contribution >= 4 is 10.9 Å². The number of aliphatic hydroxyl groups is 1. The smallest absolute Gasteiger partial charge is 0.430 e. The summed E-state index contributed by atoms with van der Waals surface area (Å²) < 4.78 is 101. The van der Waals surface area contributed by atoms with Crippen LogP contribution in [0, 0.1) is 19.7 Å². The molecule has 0 unspecified atom stereocenters. The van der Waals surface area contributed by atoms with Gasteiger partial charge in [0.15, 0.2) is 0 Å². The lowest BCUT2D eigenvalue weighted by molar-refractivity contribution is -0.376. The van der Waals surface area contributed by atoms with Gasteiger partial charge in [0.25, 0.3) is 5.60 Å². The van der Waals surface area contributed by atoms with Gasteiger partial charge in [-0.15, -0.1) is 0 Å². The average Bonchev–Trinajstić information content (AvgIpc) is 3.25. The van der Waals surface area contributed by atoms with Crippen molar-refractivity contribution in [2.75, 3.05) is 0 Å². The Kier molecular flexibility index (Phi) is 5.51. The van der Waals surface area contributed by atoms with Crippen LogP contribution < -0.4 is 0 Å². The molecule has 0 aliphatic heterocycles. The van der Waals surface area contributed by atoms with E-state index in [-0.39, 0.29) is 23.4 Å².